The highest BCUT2D eigenvalue weighted by Gasteiger charge is 2.23. The van der Waals surface area contributed by atoms with Crippen LogP contribution >= 0.6 is 0 Å². The minimum absolute atomic E-state index is 0.166. The Labute approximate surface area is 125 Å². The summed E-state index contributed by atoms with van der Waals surface area (Å²) in [7, 11) is 0. The number of aliphatic carboxylic acids is 1. The van der Waals surface area contributed by atoms with Crippen LogP contribution in [0, 0.1) is 20.2 Å². The monoisotopic (exact) mass is 312 g/mol. The fourth-order valence-corrected chi connectivity index (χ4v) is 1.95. The highest BCUT2D eigenvalue weighted by atomic mass is 16.6. The fraction of sp³-hybridized carbons (Fsp3) is 0.417. The topological polar surface area (TPSA) is 176 Å². The van der Waals surface area contributed by atoms with Crippen LogP contribution in [-0.4, -0.2) is 27.0 Å². The molecule has 10 nitrogen and oxygen atoms in total. The van der Waals surface area contributed by atoms with Gasteiger partial charge in [0, 0.05) is 17.7 Å². The van der Waals surface area contributed by atoms with E-state index in [-0.39, 0.29) is 18.4 Å². The number of nitro benzene ring substituents is 2. The first-order valence-electron chi connectivity index (χ1n) is 6.40. The number of carboxylic acids is 1. The van der Waals surface area contributed by atoms with Crippen molar-refractivity contribution in [2.45, 2.75) is 31.3 Å². The van der Waals surface area contributed by atoms with Crippen LogP contribution in [0.1, 0.15) is 30.9 Å². The lowest BCUT2D eigenvalue weighted by Crippen LogP contribution is -2.30. The van der Waals surface area contributed by atoms with Crippen LogP contribution in [0.4, 0.5) is 11.4 Å². The molecule has 1 aromatic rings. The zero-order chi connectivity index (χ0) is 16.9. The van der Waals surface area contributed by atoms with Crippen molar-refractivity contribution in [3.8, 4) is 0 Å². The van der Waals surface area contributed by atoms with Crippen LogP contribution in [0.5, 0.6) is 0 Å². The molecule has 1 rings (SSSR count). The van der Waals surface area contributed by atoms with Gasteiger partial charge in [-0.05, 0) is 25.3 Å². The van der Waals surface area contributed by atoms with Gasteiger partial charge in [-0.3, -0.25) is 25.0 Å². The number of rotatable bonds is 8. The average molecular weight is 312 g/mol. The van der Waals surface area contributed by atoms with Crippen LogP contribution < -0.4 is 11.5 Å². The van der Waals surface area contributed by atoms with E-state index < -0.39 is 39.3 Å². The molecule has 0 amide bonds. The van der Waals surface area contributed by atoms with Gasteiger partial charge >= 0.3 is 5.97 Å². The predicted octanol–water partition coefficient (Wildman–Crippen LogP) is 1.09. The summed E-state index contributed by atoms with van der Waals surface area (Å²) in [6.07, 6.45) is 0.826. The third-order valence-electron chi connectivity index (χ3n) is 3.17. The summed E-state index contributed by atoms with van der Waals surface area (Å²) in [4.78, 5) is 30.8. The Morgan fingerprint density at radius 2 is 1.82 bits per heavy atom. The Morgan fingerprint density at radius 1 is 1.18 bits per heavy atom. The smallest absolute Gasteiger partial charge is 0.320 e. The summed E-state index contributed by atoms with van der Waals surface area (Å²) in [6.45, 7) is 0. The summed E-state index contributed by atoms with van der Waals surface area (Å²) in [6, 6.07) is 1.50. The molecule has 0 aliphatic rings. The van der Waals surface area contributed by atoms with E-state index in [9.17, 15) is 25.0 Å². The van der Waals surface area contributed by atoms with Gasteiger partial charge in [0.2, 0.25) is 0 Å². The van der Waals surface area contributed by atoms with Crippen molar-refractivity contribution in [1.82, 2.24) is 0 Å². The van der Waals surface area contributed by atoms with E-state index >= 15 is 0 Å². The number of nitrogens with zero attached hydrogens (tertiary/aromatic N) is 2. The minimum atomic E-state index is -1.13. The molecule has 0 spiro atoms. The molecule has 1 aromatic carbocycles. The zero-order valence-electron chi connectivity index (χ0n) is 11.5. The summed E-state index contributed by atoms with van der Waals surface area (Å²) >= 11 is 0. The van der Waals surface area contributed by atoms with Crippen molar-refractivity contribution in [2.75, 3.05) is 0 Å². The number of carbonyl (C=O) groups is 1. The van der Waals surface area contributed by atoms with Gasteiger partial charge in [0.25, 0.3) is 11.4 Å². The van der Waals surface area contributed by atoms with Gasteiger partial charge in [0.05, 0.1) is 15.9 Å². The lowest BCUT2D eigenvalue weighted by molar-refractivity contribution is -0.394. The molecule has 0 aliphatic heterocycles. The van der Waals surface area contributed by atoms with Crippen molar-refractivity contribution in [3.05, 3.63) is 44.0 Å². The number of hydrogen-bond donors (Lipinski definition) is 3. The molecular formula is C12H16N4O6. The Bertz CT molecular complexity index is 591. The summed E-state index contributed by atoms with van der Waals surface area (Å²) in [5.41, 5.74) is 10.6. The van der Waals surface area contributed by atoms with Gasteiger partial charge in [-0.15, -0.1) is 0 Å². The molecule has 22 heavy (non-hydrogen) atoms. The second-order valence-electron chi connectivity index (χ2n) is 4.74. The van der Waals surface area contributed by atoms with E-state index in [1.807, 2.05) is 0 Å². The van der Waals surface area contributed by atoms with Crippen LogP contribution in [0.25, 0.3) is 0 Å². The van der Waals surface area contributed by atoms with E-state index in [1.54, 1.807) is 0 Å². The molecule has 0 aromatic heterocycles. The number of nitro groups is 2. The lowest BCUT2D eigenvalue weighted by Gasteiger charge is -2.13. The van der Waals surface area contributed by atoms with Gasteiger partial charge in [-0.25, -0.2) is 0 Å². The predicted molar refractivity (Wildman–Crippen MR) is 76.1 cm³/mol. The van der Waals surface area contributed by atoms with E-state index in [2.05, 4.69) is 0 Å². The molecule has 0 saturated carbocycles. The number of carboxylic acid groups (broad SMARTS) is 1. The Morgan fingerprint density at radius 3 is 2.32 bits per heavy atom. The van der Waals surface area contributed by atoms with Crippen molar-refractivity contribution < 1.29 is 19.7 Å². The third kappa shape index (κ3) is 4.46. The van der Waals surface area contributed by atoms with E-state index in [1.165, 1.54) is 6.07 Å². The quantitative estimate of drug-likeness (QED) is 0.471. The first kappa shape index (κ1) is 17.5. The normalized spacial score (nSPS) is 13.4. The number of nitrogens with two attached hydrogens (primary N) is 2. The Hall–Kier alpha value is -2.59. The Kier molecular flexibility index (Phi) is 5.90. The van der Waals surface area contributed by atoms with Crippen molar-refractivity contribution in [1.29, 1.82) is 0 Å². The van der Waals surface area contributed by atoms with Crippen LogP contribution in [0.2, 0.25) is 0 Å². The molecule has 0 fully saturated rings. The highest BCUT2D eigenvalue weighted by molar-refractivity contribution is 5.72. The van der Waals surface area contributed by atoms with Gasteiger partial charge in [-0.2, -0.15) is 0 Å². The van der Waals surface area contributed by atoms with Gasteiger partial charge in [0.1, 0.15) is 6.04 Å². The van der Waals surface area contributed by atoms with Crippen molar-refractivity contribution in [3.63, 3.8) is 0 Å². The third-order valence-corrected chi connectivity index (χ3v) is 3.17. The molecule has 5 N–H and O–H groups in total. The summed E-state index contributed by atoms with van der Waals surface area (Å²) < 4.78 is 0. The molecule has 1 unspecified atom stereocenters. The number of hydrogen-bond acceptors (Lipinski definition) is 7. The van der Waals surface area contributed by atoms with Crippen molar-refractivity contribution in [2.24, 2.45) is 11.5 Å². The largest absolute Gasteiger partial charge is 0.480 e. The molecule has 0 bridgehead atoms. The second-order valence-corrected chi connectivity index (χ2v) is 4.74. The van der Waals surface area contributed by atoms with Gasteiger partial charge in [0.15, 0.2) is 0 Å². The molecule has 120 valence electrons. The molecule has 0 radical (unpaired) electrons. The van der Waals surface area contributed by atoms with Crippen LogP contribution in [-0.2, 0) is 4.79 Å². The Balaban J connectivity index is 2.84. The van der Waals surface area contributed by atoms with Gasteiger partial charge < -0.3 is 16.6 Å². The summed E-state index contributed by atoms with van der Waals surface area (Å²) in [5.74, 6) is -1.13. The fourth-order valence-electron chi connectivity index (χ4n) is 1.95. The first-order chi connectivity index (χ1) is 10.2. The van der Waals surface area contributed by atoms with Crippen molar-refractivity contribution >= 4 is 17.3 Å². The van der Waals surface area contributed by atoms with E-state index in [4.69, 9.17) is 16.6 Å². The lowest BCUT2D eigenvalue weighted by atomic mass is 9.98. The first-order valence-corrected chi connectivity index (χ1v) is 6.40. The van der Waals surface area contributed by atoms with Crippen LogP contribution in [0.15, 0.2) is 18.2 Å². The SMILES string of the molecule is NC(CCC[C@H](N)C(=O)O)c1ccc([N+](=O)[O-])cc1[N+](=O)[O-]. The molecule has 0 aliphatic carbocycles. The maximum absolute atomic E-state index is 11.0. The molecule has 0 heterocycles. The second kappa shape index (κ2) is 7.43. The maximum atomic E-state index is 11.0. The molecular weight excluding hydrogens is 296 g/mol. The standard InChI is InChI=1S/C12H16N4O6/c13-9(2-1-3-10(14)12(17)18)8-5-4-7(15(19)20)6-11(8)16(21)22/h4-6,9-10H,1-3,13-14H2,(H,17,18)/t9?,10-/m0/s1. The van der Waals surface area contributed by atoms with Gasteiger partial charge in [-0.1, -0.05) is 0 Å². The molecule has 10 heteroatoms. The van der Waals surface area contributed by atoms with E-state index in [0.29, 0.717) is 6.42 Å². The molecule has 2 atom stereocenters. The summed E-state index contributed by atoms with van der Waals surface area (Å²) in [5, 5.41) is 30.3. The zero-order valence-corrected chi connectivity index (χ0v) is 11.5. The average Bonchev–Trinajstić information content (AvgIpc) is 2.45. The minimum Gasteiger partial charge on any atom is -0.480 e. The molecule has 0 saturated heterocycles. The van der Waals surface area contributed by atoms with Crippen LogP contribution in [0.3, 0.4) is 0 Å². The van der Waals surface area contributed by atoms with E-state index in [0.717, 1.165) is 12.1 Å². The number of non-ortho nitro benzene ring substituents is 1. The number of benzene rings is 1. The highest BCUT2D eigenvalue weighted by Crippen LogP contribution is 2.30. The maximum Gasteiger partial charge on any atom is 0.320 e.